The van der Waals surface area contributed by atoms with Crippen LogP contribution in [0.3, 0.4) is 0 Å². The molecule has 0 saturated carbocycles. The van der Waals surface area contributed by atoms with Gasteiger partial charge in [-0.3, -0.25) is 10.2 Å². The number of nitrogens with zero attached hydrogens (tertiary/aromatic N) is 1. The lowest BCUT2D eigenvalue weighted by Gasteiger charge is -2.15. The van der Waals surface area contributed by atoms with Crippen LogP contribution in [-0.4, -0.2) is 45.8 Å². The van der Waals surface area contributed by atoms with Gasteiger partial charge in [-0.05, 0) is 12.1 Å². The first-order chi connectivity index (χ1) is 8.58. The van der Waals surface area contributed by atoms with Gasteiger partial charge in [0.25, 0.3) is 5.91 Å². The Morgan fingerprint density at radius 3 is 2.44 bits per heavy atom. The largest absolute Gasteiger partial charge is 0.493 e. The monoisotopic (exact) mass is 254 g/mol. The van der Waals surface area contributed by atoms with Crippen LogP contribution in [-0.2, 0) is 4.79 Å². The Hall–Kier alpha value is -1.95. The molecule has 0 unspecified atom stereocenters. The molecule has 0 aliphatic heterocycles. The number of para-hydroxylation sites is 1. The fraction of sp³-hybridized carbons (Fsp3) is 0.417. The first-order valence-corrected chi connectivity index (χ1v) is 5.39. The lowest BCUT2D eigenvalue weighted by molar-refractivity contribution is -0.126. The van der Waals surface area contributed by atoms with E-state index in [1.54, 1.807) is 44.4 Å². The van der Waals surface area contributed by atoms with Gasteiger partial charge in [0.1, 0.15) is 0 Å². The standard InChI is InChI=1S/C12H18N2O4/c1-14(2)13-11(15)8-18-10-7-5-6-9(16-3)12(10)17-4/h5-7H,8H2,1-4H3,(H,13,15). The lowest BCUT2D eigenvalue weighted by atomic mass is 10.3. The molecule has 0 bridgehead atoms. The molecule has 0 aromatic heterocycles. The smallest absolute Gasteiger partial charge is 0.272 e. The number of benzene rings is 1. The Balaban J connectivity index is 2.70. The van der Waals surface area contributed by atoms with Crippen LogP contribution < -0.4 is 19.6 Å². The zero-order valence-corrected chi connectivity index (χ0v) is 11.0. The summed E-state index contributed by atoms with van der Waals surface area (Å²) in [5, 5.41) is 1.55. The number of amides is 1. The second-order valence-corrected chi connectivity index (χ2v) is 3.71. The van der Waals surface area contributed by atoms with Crippen LogP contribution in [0.25, 0.3) is 0 Å². The van der Waals surface area contributed by atoms with Gasteiger partial charge in [0, 0.05) is 14.1 Å². The first kappa shape index (κ1) is 14.1. The van der Waals surface area contributed by atoms with Crippen LogP contribution in [0, 0.1) is 0 Å². The molecule has 6 heteroatoms. The Bertz CT molecular complexity index is 407. The molecular weight excluding hydrogens is 236 g/mol. The number of hydrazine groups is 1. The van der Waals surface area contributed by atoms with E-state index in [2.05, 4.69) is 5.43 Å². The molecule has 0 aliphatic rings. The van der Waals surface area contributed by atoms with Gasteiger partial charge in [-0.1, -0.05) is 6.07 Å². The predicted octanol–water partition coefficient (Wildman–Crippen LogP) is 0.675. The summed E-state index contributed by atoms with van der Waals surface area (Å²) in [6, 6.07) is 5.23. The molecule has 1 N–H and O–H groups in total. The molecule has 0 saturated heterocycles. The molecule has 100 valence electrons. The van der Waals surface area contributed by atoms with E-state index in [1.165, 1.54) is 7.11 Å². The molecule has 0 aliphatic carbocycles. The van der Waals surface area contributed by atoms with Gasteiger partial charge in [-0.25, -0.2) is 5.01 Å². The highest BCUT2D eigenvalue weighted by molar-refractivity contribution is 5.77. The number of hydrogen-bond acceptors (Lipinski definition) is 5. The first-order valence-electron chi connectivity index (χ1n) is 5.39. The average molecular weight is 254 g/mol. The summed E-state index contributed by atoms with van der Waals surface area (Å²) < 4.78 is 15.7. The van der Waals surface area contributed by atoms with Gasteiger partial charge in [0.2, 0.25) is 5.75 Å². The van der Waals surface area contributed by atoms with Gasteiger partial charge >= 0.3 is 0 Å². The lowest BCUT2D eigenvalue weighted by Crippen LogP contribution is -2.39. The highest BCUT2D eigenvalue weighted by Gasteiger charge is 2.12. The number of methoxy groups -OCH3 is 2. The minimum atomic E-state index is -0.245. The van der Waals surface area contributed by atoms with Crippen molar-refractivity contribution >= 4 is 5.91 Å². The van der Waals surface area contributed by atoms with Crippen LogP contribution in [0.5, 0.6) is 17.2 Å². The van der Waals surface area contributed by atoms with E-state index >= 15 is 0 Å². The second kappa shape index (κ2) is 6.70. The molecule has 1 rings (SSSR count). The zero-order chi connectivity index (χ0) is 13.5. The van der Waals surface area contributed by atoms with Crippen molar-refractivity contribution in [3.63, 3.8) is 0 Å². The van der Waals surface area contributed by atoms with E-state index in [0.717, 1.165) is 0 Å². The Kier molecular flexibility index (Phi) is 5.26. The van der Waals surface area contributed by atoms with Crippen molar-refractivity contribution in [3.8, 4) is 17.2 Å². The van der Waals surface area contributed by atoms with Gasteiger partial charge in [-0.2, -0.15) is 0 Å². The van der Waals surface area contributed by atoms with Gasteiger partial charge < -0.3 is 14.2 Å². The summed E-state index contributed by atoms with van der Waals surface area (Å²) in [7, 11) is 6.51. The number of carbonyl (C=O) groups excluding carboxylic acids is 1. The van der Waals surface area contributed by atoms with E-state index in [0.29, 0.717) is 17.2 Å². The van der Waals surface area contributed by atoms with Crippen molar-refractivity contribution in [2.24, 2.45) is 0 Å². The molecule has 0 atom stereocenters. The van der Waals surface area contributed by atoms with Crippen LogP contribution in [0.4, 0.5) is 0 Å². The zero-order valence-electron chi connectivity index (χ0n) is 11.0. The third-order valence-corrected chi connectivity index (χ3v) is 2.07. The maximum Gasteiger partial charge on any atom is 0.272 e. The van der Waals surface area contributed by atoms with E-state index in [-0.39, 0.29) is 12.5 Å². The van der Waals surface area contributed by atoms with Crippen LogP contribution in [0.2, 0.25) is 0 Å². The van der Waals surface area contributed by atoms with E-state index < -0.39 is 0 Å². The van der Waals surface area contributed by atoms with Crippen molar-refractivity contribution in [3.05, 3.63) is 18.2 Å². The number of ether oxygens (including phenoxy) is 3. The third-order valence-electron chi connectivity index (χ3n) is 2.07. The molecule has 1 aromatic rings. The van der Waals surface area contributed by atoms with Crippen LogP contribution in [0.1, 0.15) is 0 Å². The summed E-state index contributed by atoms with van der Waals surface area (Å²) in [5.74, 6) is 1.25. The topological polar surface area (TPSA) is 60.0 Å². The highest BCUT2D eigenvalue weighted by atomic mass is 16.5. The SMILES string of the molecule is COc1cccc(OCC(=O)NN(C)C)c1OC. The van der Waals surface area contributed by atoms with Crippen LogP contribution in [0.15, 0.2) is 18.2 Å². The molecule has 1 amide bonds. The van der Waals surface area contributed by atoms with Gasteiger partial charge in [-0.15, -0.1) is 0 Å². The molecule has 0 spiro atoms. The van der Waals surface area contributed by atoms with Crippen molar-refractivity contribution in [1.29, 1.82) is 0 Å². The molecule has 18 heavy (non-hydrogen) atoms. The molecule has 1 aromatic carbocycles. The summed E-state index contributed by atoms with van der Waals surface area (Å²) in [5.41, 5.74) is 2.58. The normalized spacial score (nSPS) is 10.1. The molecular formula is C12H18N2O4. The molecule has 0 fully saturated rings. The summed E-state index contributed by atoms with van der Waals surface area (Å²) in [6.07, 6.45) is 0. The minimum Gasteiger partial charge on any atom is -0.493 e. The maximum absolute atomic E-state index is 11.4. The summed E-state index contributed by atoms with van der Waals surface area (Å²) >= 11 is 0. The van der Waals surface area contributed by atoms with E-state index in [9.17, 15) is 4.79 Å². The van der Waals surface area contributed by atoms with Crippen molar-refractivity contribution in [1.82, 2.24) is 10.4 Å². The Labute approximate surface area is 106 Å². The van der Waals surface area contributed by atoms with E-state index in [1.807, 2.05) is 0 Å². The maximum atomic E-state index is 11.4. The second-order valence-electron chi connectivity index (χ2n) is 3.71. The highest BCUT2D eigenvalue weighted by Crippen LogP contribution is 2.36. The predicted molar refractivity (Wildman–Crippen MR) is 66.9 cm³/mol. The number of hydrogen-bond donors (Lipinski definition) is 1. The Morgan fingerprint density at radius 1 is 1.22 bits per heavy atom. The van der Waals surface area contributed by atoms with E-state index in [4.69, 9.17) is 14.2 Å². The summed E-state index contributed by atoms with van der Waals surface area (Å²) in [6.45, 7) is -0.0955. The van der Waals surface area contributed by atoms with Crippen LogP contribution >= 0.6 is 0 Å². The van der Waals surface area contributed by atoms with Crippen molar-refractivity contribution in [2.75, 3.05) is 34.9 Å². The van der Waals surface area contributed by atoms with Crippen molar-refractivity contribution in [2.45, 2.75) is 0 Å². The van der Waals surface area contributed by atoms with Crippen molar-refractivity contribution < 1.29 is 19.0 Å². The summed E-state index contributed by atoms with van der Waals surface area (Å²) in [4.78, 5) is 11.4. The molecule has 0 heterocycles. The number of carbonyl (C=O) groups is 1. The van der Waals surface area contributed by atoms with Gasteiger partial charge in [0.15, 0.2) is 18.1 Å². The fourth-order valence-electron chi connectivity index (χ4n) is 1.40. The number of nitrogens with one attached hydrogen (secondary N) is 1. The Morgan fingerprint density at radius 2 is 1.89 bits per heavy atom. The molecule has 6 nitrogen and oxygen atoms in total. The quantitative estimate of drug-likeness (QED) is 0.756. The molecule has 0 radical (unpaired) electrons. The minimum absolute atomic E-state index is 0.0955. The average Bonchev–Trinajstić information content (AvgIpc) is 2.34. The third kappa shape index (κ3) is 3.81. The fourth-order valence-corrected chi connectivity index (χ4v) is 1.40. The number of rotatable bonds is 6. The van der Waals surface area contributed by atoms with Gasteiger partial charge in [0.05, 0.1) is 14.2 Å².